The molecule has 0 radical (unpaired) electrons. The molecule has 3 amide bonds. The Labute approximate surface area is 270 Å². The van der Waals surface area contributed by atoms with E-state index < -0.39 is 12.4 Å². The molecule has 1 fully saturated rings. The van der Waals surface area contributed by atoms with Crippen LogP contribution >= 0.6 is 11.8 Å². The molecule has 244 valence electrons. The Morgan fingerprint density at radius 2 is 1.59 bits per heavy atom. The van der Waals surface area contributed by atoms with Crippen LogP contribution in [-0.4, -0.2) is 47.2 Å². The maximum Gasteiger partial charge on any atom is 0.573 e. The Morgan fingerprint density at radius 1 is 0.978 bits per heavy atom. The van der Waals surface area contributed by atoms with E-state index >= 15 is 0 Å². The molecule has 46 heavy (non-hydrogen) atoms. The topological polar surface area (TPSA) is 97.3 Å². The summed E-state index contributed by atoms with van der Waals surface area (Å²) in [5.41, 5.74) is 3.82. The van der Waals surface area contributed by atoms with Crippen molar-refractivity contribution >= 4 is 40.3 Å². The lowest BCUT2D eigenvalue weighted by Crippen LogP contribution is -2.35. The van der Waals surface area contributed by atoms with Crippen molar-refractivity contribution in [3.63, 3.8) is 0 Å². The molecular formula is C34H36F3N3O5S. The zero-order valence-electron chi connectivity index (χ0n) is 26.0. The van der Waals surface area contributed by atoms with E-state index in [2.05, 4.69) is 15.0 Å². The van der Waals surface area contributed by atoms with Gasteiger partial charge in [0.1, 0.15) is 17.3 Å². The number of hydrogen-bond acceptors (Lipinski definition) is 6. The third-order valence-corrected chi connectivity index (χ3v) is 8.04. The van der Waals surface area contributed by atoms with E-state index in [1.165, 1.54) is 40.9 Å². The first-order chi connectivity index (χ1) is 21.8. The summed E-state index contributed by atoms with van der Waals surface area (Å²) in [5, 5.41) is 3.15. The van der Waals surface area contributed by atoms with Gasteiger partial charge in [0.15, 0.2) is 5.17 Å². The number of amides is 3. The molecule has 0 bridgehead atoms. The van der Waals surface area contributed by atoms with Gasteiger partial charge in [-0.1, -0.05) is 61.2 Å². The van der Waals surface area contributed by atoms with Crippen LogP contribution in [0, 0.1) is 6.92 Å². The van der Waals surface area contributed by atoms with E-state index in [0.717, 1.165) is 23.1 Å². The van der Waals surface area contributed by atoms with Gasteiger partial charge in [0, 0.05) is 18.9 Å². The van der Waals surface area contributed by atoms with Gasteiger partial charge < -0.3 is 14.8 Å². The van der Waals surface area contributed by atoms with Crippen LogP contribution < -0.4 is 19.7 Å². The Bertz CT molecular complexity index is 1580. The summed E-state index contributed by atoms with van der Waals surface area (Å²) in [7, 11) is 0. The first-order valence-electron chi connectivity index (χ1n) is 14.9. The minimum absolute atomic E-state index is 0.0536. The molecule has 8 nitrogen and oxygen atoms in total. The zero-order chi connectivity index (χ0) is 33.4. The number of carbonyl (C=O) groups is 3. The SMILES string of the molecule is CCC(C)Oc1ccc(C)cc1N1C(=O)CSC1=NC(=O)NC(C)Cc1ccc(CC(=O)Cc2ccc(OC(F)(F)F)cc2)cc1. The largest absolute Gasteiger partial charge is 0.573 e. The monoisotopic (exact) mass is 655 g/mol. The fraction of sp³-hybridized carbons (Fsp3) is 0.353. The van der Waals surface area contributed by atoms with Crippen molar-refractivity contribution in [3.8, 4) is 11.5 Å². The fourth-order valence-electron chi connectivity index (χ4n) is 4.74. The van der Waals surface area contributed by atoms with E-state index in [0.29, 0.717) is 23.4 Å². The normalized spacial score (nSPS) is 15.5. The van der Waals surface area contributed by atoms with Crippen molar-refractivity contribution in [1.29, 1.82) is 0 Å². The molecule has 0 aliphatic carbocycles. The quantitative estimate of drug-likeness (QED) is 0.222. The van der Waals surface area contributed by atoms with Crippen LogP contribution in [0.2, 0.25) is 0 Å². The van der Waals surface area contributed by atoms with Crippen molar-refractivity contribution in [1.82, 2.24) is 5.32 Å². The average Bonchev–Trinajstić information content (AvgIpc) is 3.34. The predicted molar refractivity (Wildman–Crippen MR) is 173 cm³/mol. The average molecular weight is 656 g/mol. The Balaban J connectivity index is 1.32. The number of aliphatic imine (C=N–C) groups is 1. The molecule has 1 aliphatic rings. The molecule has 3 aromatic carbocycles. The molecule has 12 heteroatoms. The van der Waals surface area contributed by atoms with Crippen LogP contribution in [0.4, 0.5) is 23.7 Å². The van der Waals surface area contributed by atoms with E-state index in [1.807, 2.05) is 70.2 Å². The van der Waals surface area contributed by atoms with Crippen LogP contribution in [0.3, 0.4) is 0 Å². The smallest absolute Gasteiger partial charge is 0.489 e. The number of rotatable bonds is 12. The van der Waals surface area contributed by atoms with Gasteiger partial charge in [0.05, 0.1) is 17.5 Å². The van der Waals surface area contributed by atoms with Crippen LogP contribution in [0.5, 0.6) is 11.5 Å². The van der Waals surface area contributed by atoms with E-state index in [1.54, 1.807) is 0 Å². The lowest BCUT2D eigenvalue weighted by molar-refractivity contribution is -0.274. The van der Waals surface area contributed by atoms with Crippen molar-refractivity contribution in [2.24, 2.45) is 4.99 Å². The molecule has 2 unspecified atom stereocenters. The molecule has 1 N–H and O–H groups in total. The van der Waals surface area contributed by atoms with Gasteiger partial charge in [-0.2, -0.15) is 4.99 Å². The van der Waals surface area contributed by atoms with Crippen molar-refractivity contribution in [2.45, 2.75) is 71.9 Å². The molecule has 2 atom stereocenters. The Kier molecular flexibility index (Phi) is 11.5. The summed E-state index contributed by atoms with van der Waals surface area (Å²) in [6, 6.07) is 17.4. The Morgan fingerprint density at radius 3 is 2.20 bits per heavy atom. The Hall–Kier alpha value is -4.32. The van der Waals surface area contributed by atoms with Crippen molar-refractivity contribution in [2.75, 3.05) is 10.7 Å². The third kappa shape index (κ3) is 10.1. The summed E-state index contributed by atoms with van der Waals surface area (Å²) in [6.45, 7) is 7.73. The number of nitrogens with one attached hydrogen (secondary N) is 1. The number of amidine groups is 1. The highest BCUT2D eigenvalue weighted by molar-refractivity contribution is 8.15. The van der Waals surface area contributed by atoms with E-state index in [-0.39, 0.29) is 53.3 Å². The molecule has 1 saturated heterocycles. The van der Waals surface area contributed by atoms with E-state index in [4.69, 9.17) is 4.74 Å². The zero-order valence-corrected chi connectivity index (χ0v) is 26.8. The van der Waals surface area contributed by atoms with Gasteiger partial charge in [-0.25, -0.2) is 4.79 Å². The predicted octanol–water partition coefficient (Wildman–Crippen LogP) is 7.20. The highest BCUT2D eigenvalue weighted by Crippen LogP contribution is 2.36. The second kappa shape index (κ2) is 15.3. The van der Waals surface area contributed by atoms with Crippen molar-refractivity contribution in [3.05, 3.63) is 89.0 Å². The summed E-state index contributed by atoms with van der Waals surface area (Å²) in [5.74, 6) is 0.108. The number of urea groups is 1. The van der Waals surface area contributed by atoms with Crippen LogP contribution in [0.25, 0.3) is 0 Å². The minimum Gasteiger partial charge on any atom is -0.489 e. The highest BCUT2D eigenvalue weighted by Gasteiger charge is 2.33. The number of ketones is 1. The molecule has 0 aromatic heterocycles. The van der Waals surface area contributed by atoms with Gasteiger partial charge in [-0.3, -0.25) is 14.5 Å². The highest BCUT2D eigenvalue weighted by atomic mass is 32.2. The summed E-state index contributed by atoms with van der Waals surface area (Å²) >= 11 is 1.20. The second-order valence-corrected chi connectivity index (χ2v) is 12.1. The van der Waals surface area contributed by atoms with E-state index in [9.17, 15) is 27.6 Å². The minimum atomic E-state index is -4.77. The third-order valence-electron chi connectivity index (χ3n) is 7.12. The fourth-order valence-corrected chi connectivity index (χ4v) is 5.60. The van der Waals surface area contributed by atoms with Gasteiger partial charge in [-0.05, 0) is 80.1 Å². The van der Waals surface area contributed by atoms with Gasteiger partial charge in [-0.15, -0.1) is 13.2 Å². The van der Waals surface area contributed by atoms with Crippen molar-refractivity contribution < 1.29 is 37.0 Å². The number of hydrogen-bond donors (Lipinski definition) is 1. The molecule has 1 heterocycles. The van der Waals surface area contributed by atoms with Crippen LogP contribution in [0.1, 0.15) is 49.4 Å². The molecule has 4 rings (SSSR count). The maximum absolute atomic E-state index is 12.9. The number of ether oxygens (including phenoxy) is 2. The second-order valence-electron chi connectivity index (χ2n) is 11.2. The number of aryl methyl sites for hydroxylation is 1. The summed E-state index contributed by atoms with van der Waals surface area (Å²) in [4.78, 5) is 44.0. The van der Waals surface area contributed by atoms with Gasteiger partial charge in [0.2, 0.25) is 5.91 Å². The first kappa shape index (κ1) is 34.6. The number of halogens is 3. The number of nitrogens with zero attached hydrogens (tertiary/aromatic N) is 2. The molecule has 0 spiro atoms. The molecule has 1 aliphatic heterocycles. The number of alkyl halides is 3. The number of thioether (sulfide) groups is 1. The summed E-state index contributed by atoms with van der Waals surface area (Å²) < 4.78 is 46.9. The van der Waals surface area contributed by atoms with Gasteiger partial charge in [0.25, 0.3) is 0 Å². The number of benzene rings is 3. The maximum atomic E-state index is 12.9. The lowest BCUT2D eigenvalue weighted by atomic mass is 10.00. The number of anilines is 1. The van der Waals surface area contributed by atoms with Gasteiger partial charge >= 0.3 is 12.4 Å². The molecule has 0 saturated carbocycles. The molecular weight excluding hydrogens is 619 g/mol. The first-order valence-corrected chi connectivity index (χ1v) is 15.8. The molecule has 3 aromatic rings. The number of Topliss-reactive ketones (excluding diaryl/α,β-unsaturated/α-hetero) is 1. The van der Waals surface area contributed by atoms with Crippen LogP contribution in [-0.2, 0) is 28.9 Å². The lowest BCUT2D eigenvalue weighted by Gasteiger charge is -2.22. The number of carbonyl (C=O) groups excluding carboxylic acids is 3. The summed E-state index contributed by atoms with van der Waals surface area (Å²) in [6.07, 6.45) is -3.27. The van der Waals surface area contributed by atoms with Crippen LogP contribution in [0.15, 0.2) is 71.7 Å². The standard InChI is InChI=1S/C34H36F3N3O5S/c1-5-23(4)44-30-15-6-21(2)16-29(30)40-31(42)20-46-33(40)39-32(43)38-22(3)17-24-7-9-25(10-8-24)18-27(41)19-26-11-13-28(14-12-26)45-34(35,36)37/h6-16,22-23H,5,17-20H2,1-4H3,(H,38,43).